The first kappa shape index (κ1) is 17.9. The molecular weight excluding hydrogens is 330 g/mol. The van der Waals surface area contributed by atoms with Crippen molar-refractivity contribution in [1.29, 1.82) is 0 Å². The number of ether oxygens (including phenoxy) is 2. The fraction of sp³-hybridized carbons (Fsp3) is 0.176. The molecule has 0 atom stereocenters. The standard InChI is InChI=1S/C17H15NO7/c1-12(19)24-16-8-3-2-7-15(16)17(20)25-14-6-4-5-13(11-14)9-10-23-18(21)22/h2-8,11H,9-10H2,1H3. The topological polar surface area (TPSA) is 105 Å². The number of hydrogen-bond acceptors (Lipinski definition) is 7. The minimum atomic E-state index is -0.865. The molecule has 0 amide bonds. The highest BCUT2D eigenvalue weighted by Gasteiger charge is 2.16. The largest absolute Gasteiger partial charge is 0.426 e. The summed E-state index contributed by atoms with van der Waals surface area (Å²) >= 11 is 0. The number of esters is 2. The molecule has 2 aromatic rings. The molecule has 0 unspecified atom stereocenters. The van der Waals surface area contributed by atoms with E-state index in [0.717, 1.165) is 0 Å². The summed E-state index contributed by atoms with van der Waals surface area (Å²) in [7, 11) is 0. The van der Waals surface area contributed by atoms with Crippen molar-refractivity contribution < 1.29 is 29.0 Å². The highest BCUT2D eigenvalue weighted by Crippen LogP contribution is 2.21. The third kappa shape index (κ3) is 5.61. The maximum atomic E-state index is 12.3. The number of rotatable bonds is 7. The molecule has 0 bridgehead atoms. The maximum absolute atomic E-state index is 12.3. The summed E-state index contributed by atoms with van der Waals surface area (Å²) in [5, 5.41) is 9.28. The molecule has 0 aliphatic rings. The SMILES string of the molecule is CC(=O)Oc1ccccc1C(=O)Oc1cccc(CCO[N+](=O)[O-])c1. The fourth-order valence-corrected chi connectivity index (χ4v) is 2.04. The predicted molar refractivity (Wildman–Crippen MR) is 85.8 cm³/mol. The second-order valence-electron chi connectivity index (χ2n) is 4.93. The minimum absolute atomic E-state index is 0.0975. The molecule has 0 fully saturated rings. The van der Waals surface area contributed by atoms with Crippen LogP contribution in [-0.4, -0.2) is 23.6 Å². The van der Waals surface area contributed by atoms with Crippen molar-refractivity contribution in [2.24, 2.45) is 0 Å². The molecular formula is C17H15NO7. The summed E-state index contributed by atoms with van der Waals surface area (Å²) in [5.41, 5.74) is 0.820. The predicted octanol–water partition coefficient (Wildman–Crippen LogP) is 2.58. The molecule has 0 aliphatic heterocycles. The normalized spacial score (nSPS) is 9.96. The van der Waals surface area contributed by atoms with Gasteiger partial charge in [-0.15, -0.1) is 10.1 Å². The summed E-state index contributed by atoms with van der Waals surface area (Å²) in [6, 6.07) is 12.8. The van der Waals surface area contributed by atoms with Gasteiger partial charge in [-0.05, 0) is 36.2 Å². The van der Waals surface area contributed by atoms with Crippen molar-refractivity contribution in [3.8, 4) is 11.5 Å². The van der Waals surface area contributed by atoms with Crippen LogP contribution in [0.2, 0.25) is 0 Å². The zero-order valence-corrected chi connectivity index (χ0v) is 13.3. The molecule has 8 heteroatoms. The van der Waals surface area contributed by atoms with Crippen molar-refractivity contribution in [1.82, 2.24) is 0 Å². The Hall–Kier alpha value is -3.42. The van der Waals surface area contributed by atoms with E-state index in [-0.39, 0.29) is 30.1 Å². The van der Waals surface area contributed by atoms with E-state index < -0.39 is 17.0 Å². The van der Waals surface area contributed by atoms with Crippen LogP contribution in [0.5, 0.6) is 11.5 Å². The summed E-state index contributed by atoms with van der Waals surface area (Å²) in [4.78, 5) is 37.8. The van der Waals surface area contributed by atoms with Crippen molar-refractivity contribution in [2.75, 3.05) is 6.61 Å². The number of carbonyl (C=O) groups excluding carboxylic acids is 2. The first-order chi connectivity index (χ1) is 12.0. The molecule has 0 saturated heterocycles. The Labute approximate surface area is 143 Å². The second kappa shape index (κ2) is 8.44. The molecule has 2 aromatic carbocycles. The van der Waals surface area contributed by atoms with Gasteiger partial charge in [-0.25, -0.2) is 4.79 Å². The fourth-order valence-electron chi connectivity index (χ4n) is 2.04. The smallest absolute Gasteiger partial charge is 0.347 e. The Balaban J connectivity index is 2.08. The molecule has 25 heavy (non-hydrogen) atoms. The van der Waals surface area contributed by atoms with Gasteiger partial charge in [-0.3, -0.25) is 4.79 Å². The lowest BCUT2D eigenvalue weighted by Crippen LogP contribution is -2.12. The average Bonchev–Trinajstić information content (AvgIpc) is 2.54. The molecule has 0 N–H and O–H groups in total. The lowest BCUT2D eigenvalue weighted by molar-refractivity contribution is -0.757. The molecule has 0 aromatic heterocycles. The van der Waals surface area contributed by atoms with Crippen molar-refractivity contribution in [3.05, 3.63) is 69.8 Å². The first-order valence-corrected chi connectivity index (χ1v) is 7.31. The van der Waals surface area contributed by atoms with Crippen molar-refractivity contribution in [3.63, 3.8) is 0 Å². The van der Waals surface area contributed by atoms with E-state index >= 15 is 0 Å². The lowest BCUT2D eigenvalue weighted by atomic mass is 10.1. The van der Waals surface area contributed by atoms with Gasteiger partial charge >= 0.3 is 11.9 Å². The minimum Gasteiger partial charge on any atom is -0.426 e. The summed E-state index contributed by atoms with van der Waals surface area (Å²) in [6.07, 6.45) is 0.288. The summed E-state index contributed by atoms with van der Waals surface area (Å²) in [5.74, 6) is -0.861. The maximum Gasteiger partial charge on any atom is 0.347 e. The Kier molecular flexibility index (Phi) is 6.05. The van der Waals surface area contributed by atoms with Gasteiger partial charge in [0.25, 0.3) is 5.09 Å². The van der Waals surface area contributed by atoms with Gasteiger partial charge in [0.1, 0.15) is 23.7 Å². The van der Waals surface area contributed by atoms with Gasteiger partial charge in [0, 0.05) is 6.92 Å². The molecule has 8 nitrogen and oxygen atoms in total. The van der Waals surface area contributed by atoms with E-state index in [9.17, 15) is 19.7 Å². The average molecular weight is 345 g/mol. The third-order valence-corrected chi connectivity index (χ3v) is 3.06. The van der Waals surface area contributed by atoms with Crippen LogP contribution in [0.3, 0.4) is 0 Å². The number of nitrogens with zero attached hydrogens (tertiary/aromatic N) is 1. The quantitative estimate of drug-likeness (QED) is 0.329. The van der Waals surface area contributed by atoms with Gasteiger partial charge in [-0.1, -0.05) is 24.3 Å². The van der Waals surface area contributed by atoms with Crippen LogP contribution in [0.25, 0.3) is 0 Å². The molecule has 0 aliphatic carbocycles. The highest BCUT2D eigenvalue weighted by atomic mass is 16.9. The van der Waals surface area contributed by atoms with Crippen molar-refractivity contribution >= 4 is 11.9 Å². The van der Waals surface area contributed by atoms with E-state index in [1.54, 1.807) is 36.4 Å². The van der Waals surface area contributed by atoms with Gasteiger partial charge in [-0.2, -0.15) is 0 Å². The Morgan fingerprint density at radius 2 is 1.84 bits per heavy atom. The monoisotopic (exact) mass is 345 g/mol. The number of carbonyl (C=O) groups is 2. The van der Waals surface area contributed by atoms with Crippen LogP contribution in [-0.2, 0) is 16.1 Å². The number of benzene rings is 2. The van der Waals surface area contributed by atoms with Crippen LogP contribution in [0, 0.1) is 10.1 Å². The van der Waals surface area contributed by atoms with Crippen LogP contribution in [0.15, 0.2) is 48.5 Å². The molecule has 130 valence electrons. The summed E-state index contributed by atoms with van der Waals surface area (Å²) < 4.78 is 10.3. The molecule has 2 rings (SSSR count). The van der Waals surface area contributed by atoms with Crippen LogP contribution >= 0.6 is 0 Å². The van der Waals surface area contributed by atoms with Crippen LogP contribution < -0.4 is 9.47 Å². The molecule has 0 spiro atoms. The lowest BCUT2D eigenvalue weighted by Gasteiger charge is -2.09. The molecule has 0 heterocycles. The zero-order chi connectivity index (χ0) is 18.2. The number of hydrogen-bond donors (Lipinski definition) is 0. The Morgan fingerprint density at radius 3 is 2.56 bits per heavy atom. The molecule has 0 radical (unpaired) electrons. The van der Waals surface area contributed by atoms with E-state index in [1.165, 1.54) is 19.1 Å². The van der Waals surface area contributed by atoms with Crippen LogP contribution in [0.1, 0.15) is 22.8 Å². The molecule has 0 saturated carbocycles. The first-order valence-electron chi connectivity index (χ1n) is 7.31. The second-order valence-corrected chi connectivity index (χ2v) is 4.93. The van der Waals surface area contributed by atoms with E-state index in [1.807, 2.05) is 0 Å². The van der Waals surface area contributed by atoms with Crippen LogP contribution in [0.4, 0.5) is 0 Å². The Morgan fingerprint density at radius 1 is 1.08 bits per heavy atom. The summed E-state index contributed by atoms with van der Waals surface area (Å²) in [6.45, 7) is 1.14. The number of para-hydroxylation sites is 1. The zero-order valence-electron chi connectivity index (χ0n) is 13.3. The van der Waals surface area contributed by atoms with Gasteiger partial charge in [0.15, 0.2) is 0 Å². The third-order valence-electron chi connectivity index (χ3n) is 3.06. The van der Waals surface area contributed by atoms with E-state index in [2.05, 4.69) is 4.84 Å². The van der Waals surface area contributed by atoms with Gasteiger partial charge < -0.3 is 14.3 Å². The highest BCUT2D eigenvalue weighted by molar-refractivity contribution is 5.94. The van der Waals surface area contributed by atoms with E-state index in [4.69, 9.17) is 9.47 Å². The van der Waals surface area contributed by atoms with Gasteiger partial charge in [0.05, 0.1) is 0 Å². The van der Waals surface area contributed by atoms with Gasteiger partial charge in [0.2, 0.25) is 0 Å². The Bertz CT molecular complexity index is 788. The van der Waals surface area contributed by atoms with E-state index in [0.29, 0.717) is 5.56 Å². The van der Waals surface area contributed by atoms with Crippen molar-refractivity contribution in [2.45, 2.75) is 13.3 Å².